The van der Waals surface area contributed by atoms with Crippen molar-refractivity contribution in [1.82, 2.24) is 0 Å². The van der Waals surface area contributed by atoms with Crippen molar-refractivity contribution < 1.29 is 4.92 Å². The van der Waals surface area contributed by atoms with E-state index < -0.39 is 4.92 Å². The smallest absolute Gasteiger partial charge is 0.278 e. The van der Waals surface area contributed by atoms with Gasteiger partial charge in [-0.1, -0.05) is 13.0 Å². The van der Waals surface area contributed by atoms with Gasteiger partial charge in [0.05, 0.1) is 10.5 Å². The van der Waals surface area contributed by atoms with E-state index in [1.165, 1.54) is 6.07 Å². The Hall–Kier alpha value is -1.71. The zero-order valence-corrected chi connectivity index (χ0v) is 7.28. The fourth-order valence-electron chi connectivity index (χ4n) is 1.09. The van der Waals surface area contributed by atoms with E-state index in [2.05, 4.69) is 0 Å². The van der Waals surface area contributed by atoms with Crippen LogP contribution in [0.3, 0.4) is 0 Å². The molecule has 4 nitrogen and oxygen atoms in total. The molecule has 1 N–H and O–H groups in total. The molecule has 0 fully saturated rings. The number of nitrogens with zero attached hydrogens (tertiary/aromatic N) is 1. The van der Waals surface area contributed by atoms with Gasteiger partial charge in [-0.25, -0.2) is 0 Å². The first-order valence-electron chi connectivity index (χ1n) is 3.96. The molecule has 13 heavy (non-hydrogen) atoms. The van der Waals surface area contributed by atoms with Gasteiger partial charge in [-0.05, 0) is 18.1 Å². The first-order chi connectivity index (χ1) is 6.19. The molecule has 0 saturated heterocycles. The normalized spacial score (nSPS) is 9.62. The number of benzene rings is 1. The lowest BCUT2D eigenvalue weighted by molar-refractivity contribution is -0.385. The van der Waals surface area contributed by atoms with E-state index in [4.69, 9.17) is 5.41 Å². The molecule has 0 saturated carbocycles. The molecule has 1 rings (SSSR count). The monoisotopic (exact) mass is 178 g/mol. The maximum absolute atomic E-state index is 10.6. The number of hydrogen-bond acceptors (Lipinski definition) is 3. The van der Waals surface area contributed by atoms with E-state index in [0.29, 0.717) is 5.56 Å². The van der Waals surface area contributed by atoms with Crippen LogP contribution in [0.4, 0.5) is 5.69 Å². The summed E-state index contributed by atoms with van der Waals surface area (Å²) in [6.07, 6.45) is 1.76. The third-order valence-corrected chi connectivity index (χ3v) is 1.86. The summed E-state index contributed by atoms with van der Waals surface area (Å²) >= 11 is 0. The Labute approximate surface area is 75.9 Å². The molecule has 1 aromatic carbocycles. The van der Waals surface area contributed by atoms with Crippen LogP contribution in [0.5, 0.6) is 0 Å². The van der Waals surface area contributed by atoms with Gasteiger partial charge in [0.1, 0.15) is 0 Å². The van der Waals surface area contributed by atoms with Crippen LogP contribution in [0.15, 0.2) is 18.2 Å². The Morgan fingerprint density at radius 2 is 2.31 bits per heavy atom. The lowest BCUT2D eigenvalue weighted by atomic mass is 10.1. The second-order valence-corrected chi connectivity index (χ2v) is 2.65. The molecule has 0 radical (unpaired) electrons. The van der Waals surface area contributed by atoms with Gasteiger partial charge in [0.15, 0.2) is 0 Å². The van der Waals surface area contributed by atoms with Crippen LogP contribution >= 0.6 is 0 Å². The van der Waals surface area contributed by atoms with Crippen molar-refractivity contribution >= 4 is 11.9 Å². The fraction of sp³-hybridized carbons (Fsp3) is 0.222. The maximum Gasteiger partial charge on any atom is 0.278 e. The molecule has 0 bridgehead atoms. The van der Waals surface area contributed by atoms with Crippen molar-refractivity contribution in [2.24, 2.45) is 0 Å². The topological polar surface area (TPSA) is 67.0 Å². The van der Waals surface area contributed by atoms with Gasteiger partial charge in [0.25, 0.3) is 5.69 Å². The van der Waals surface area contributed by atoms with E-state index >= 15 is 0 Å². The molecule has 4 heteroatoms. The van der Waals surface area contributed by atoms with Crippen LogP contribution < -0.4 is 0 Å². The molecule has 0 aliphatic carbocycles. The standard InChI is InChI=1S/C9H10N2O2/c1-2-7-3-4-8(6-10)9(5-7)11(12)13/h3-6,10H,2H2,1H3. The Balaban J connectivity index is 3.25. The largest absolute Gasteiger partial charge is 0.308 e. The summed E-state index contributed by atoms with van der Waals surface area (Å²) in [5.41, 5.74) is 1.27. The minimum atomic E-state index is -0.459. The van der Waals surface area contributed by atoms with Crippen molar-refractivity contribution in [3.05, 3.63) is 39.4 Å². The van der Waals surface area contributed by atoms with Gasteiger partial charge < -0.3 is 5.41 Å². The summed E-state index contributed by atoms with van der Waals surface area (Å²) in [4.78, 5) is 10.1. The second kappa shape index (κ2) is 3.80. The highest BCUT2D eigenvalue weighted by Gasteiger charge is 2.11. The molecule has 0 spiro atoms. The molecule has 1 aromatic rings. The number of nitro groups is 1. The van der Waals surface area contributed by atoms with Crippen LogP contribution in [0.1, 0.15) is 18.1 Å². The lowest BCUT2D eigenvalue weighted by Crippen LogP contribution is -1.95. The highest BCUT2D eigenvalue weighted by Crippen LogP contribution is 2.18. The van der Waals surface area contributed by atoms with Gasteiger partial charge >= 0.3 is 0 Å². The quantitative estimate of drug-likeness (QED) is 0.437. The number of aryl methyl sites for hydroxylation is 1. The molecule has 68 valence electrons. The summed E-state index contributed by atoms with van der Waals surface area (Å²) in [6, 6.07) is 4.91. The van der Waals surface area contributed by atoms with Gasteiger partial charge in [-0.15, -0.1) is 0 Å². The average molecular weight is 178 g/mol. The second-order valence-electron chi connectivity index (χ2n) is 2.65. The number of nitrogens with one attached hydrogen (secondary N) is 1. The van der Waals surface area contributed by atoms with Crippen LogP contribution in [-0.2, 0) is 6.42 Å². The van der Waals surface area contributed by atoms with E-state index in [9.17, 15) is 10.1 Å². The van der Waals surface area contributed by atoms with E-state index in [1.54, 1.807) is 12.1 Å². The summed E-state index contributed by atoms with van der Waals surface area (Å²) in [5.74, 6) is 0. The third kappa shape index (κ3) is 1.90. The van der Waals surface area contributed by atoms with Gasteiger partial charge in [0.2, 0.25) is 0 Å². The first kappa shape index (κ1) is 9.38. The predicted octanol–water partition coefficient (Wildman–Crippen LogP) is 2.15. The molecular formula is C9H10N2O2. The molecular weight excluding hydrogens is 168 g/mol. The summed E-state index contributed by atoms with van der Waals surface area (Å²) in [7, 11) is 0. The third-order valence-electron chi connectivity index (χ3n) is 1.86. The van der Waals surface area contributed by atoms with E-state index in [0.717, 1.165) is 18.2 Å². The van der Waals surface area contributed by atoms with E-state index in [-0.39, 0.29) is 5.69 Å². The zero-order valence-electron chi connectivity index (χ0n) is 7.28. The van der Waals surface area contributed by atoms with Crippen molar-refractivity contribution in [2.45, 2.75) is 13.3 Å². The molecule has 0 aliphatic rings. The first-order valence-corrected chi connectivity index (χ1v) is 3.96. The molecule has 0 aliphatic heterocycles. The highest BCUT2D eigenvalue weighted by atomic mass is 16.6. The molecule has 0 unspecified atom stereocenters. The molecule has 0 aromatic heterocycles. The SMILES string of the molecule is CCc1ccc(C=N)c([N+](=O)[O-])c1. The number of nitro benzene ring substituents is 1. The van der Waals surface area contributed by atoms with Crippen molar-refractivity contribution in [2.75, 3.05) is 0 Å². The van der Waals surface area contributed by atoms with E-state index in [1.807, 2.05) is 6.92 Å². The fourth-order valence-corrected chi connectivity index (χ4v) is 1.09. The summed E-state index contributed by atoms with van der Waals surface area (Å²) < 4.78 is 0. The summed E-state index contributed by atoms with van der Waals surface area (Å²) in [5, 5.41) is 17.5. The zero-order chi connectivity index (χ0) is 9.84. The Kier molecular flexibility index (Phi) is 2.74. The Morgan fingerprint density at radius 1 is 1.62 bits per heavy atom. The lowest BCUT2D eigenvalue weighted by Gasteiger charge is -1.99. The molecule has 0 heterocycles. The minimum Gasteiger partial charge on any atom is -0.308 e. The van der Waals surface area contributed by atoms with Crippen molar-refractivity contribution in [1.29, 1.82) is 5.41 Å². The summed E-state index contributed by atoms with van der Waals surface area (Å²) in [6.45, 7) is 1.93. The predicted molar refractivity (Wildman–Crippen MR) is 50.4 cm³/mol. The van der Waals surface area contributed by atoms with Gasteiger partial charge in [0, 0.05) is 12.3 Å². The van der Waals surface area contributed by atoms with Crippen LogP contribution in [0.2, 0.25) is 0 Å². The molecule has 0 atom stereocenters. The van der Waals surface area contributed by atoms with Gasteiger partial charge in [-0.3, -0.25) is 10.1 Å². The van der Waals surface area contributed by atoms with Crippen molar-refractivity contribution in [3.8, 4) is 0 Å². The Bertz CT molecular complexity index is 347. The Morgan fingerprint density at radius 3 is 2.77 bits per heavy atom. The maximum atomic E-state index is 10.6. The van der Waals surface area contributed by atoms with Crippen LogP contribution in [0.25, 0.3) is 0 Å². The molecule has 0 amide bonds. The average Bonchev–Trinajstić information content (AvgIpc) is 2.16. The van der Waals surface area contributed by atoms with Crippen LogP contribution in [-0.4, -0.2) is 11.1 Å². The van der Waals surface area contributed by atoms with Crippen molar-refractivity contribution in [3.63, 3.8) is 0 Å². The highest BCUT2D eigenvalue weighted by molar-refractivity contribution is 5.83. The number of hydrogen-bond donors (Lipinski definition) is 1. The minimum absolute atomic E-state index is 0.00866. The van der Waals surface area contributed by atoms with Gasteiger partial charge in [-0.2, -0.15) is 0 Å². The number of rotatable bonds is 3. The van der Waals surface area contributed by atoms with Crippen LogP contribution in [0, 0.1) is 15.5 Å².